The Bertz CT molecular complexity index is 879. The number of hydrogen-bond donors (Lipinski definition) is 1. The number of rotatable bonds is 10. The average molecular weight is 469 g/mol. The van der Waals surface area contributed by atoms with Crippen LogP contribution in [0.25, 0.3) is 0 Å². The van der Waals surface area contributed by atoms with E-state index in [4.69, 9.17) is 27.9 Å². The lowest BCUT2D eigenvalue weighted by atomic mass is 10.1. The Morgan fingerprint density at radius 1 is 1.20 bits per heavy atom. The molecule has 0 saturated heterocycles. The first-order valence-corrected chi connectivity index (χ1v) is 11.5. The second-order valence-corrected chi connectivity index (χ2v) is 8.47. The Morgan fingerprint density at radius 2 is 1.97 bits per heavy atom. The number of carbonyl (C=O) groups excluding carboxylic acids is 2. The van der Waals surface area contributed by atoms with Crippen molar-refractivity contribution in [1.82, 2.24) is 10.2 Å². The van der Waals surface area contributed by atoms with Gasteiger partial charge in [-0.2, -0.15) is 0 Å². The summed E-state index contributed by atoms with van der Waals surface area (Å²) in [7, 11) is 3.18. The number of amides is 2. The van der Waals surface area contributed by atoms with Gasteiger partial charge in [-0.05, 0) is 41.8 Å². The number of hydrogen-bond acceptors (Lipinski definition) is 4. The molecule has 2 aromatic rings. The van der Waals surface area contributed by atoms with Gasteiger partial charge in [-0.3, -0.25) is 9.59 Å². The van der Waals surface area contributed by atoms with E-state index < -0.39 is 6.04 Å². The zero-order valence-corrected chi connectivity index (χ0v) is 19.6. The number of thioether (sulfide) groups is 1. The number of methoxy groups -OCH3 is 1. The topological polar surface area (TPSA) is 58.6 Å². The number of ether oxygens (including phenoxy) is 1. The summed E-state index contributed by atoms with van der Waals surface area (Å²) in [6.07, 6.45) is 0.517. The van der Waals surface area contributed by atoms with E-state index in [-0.39, 0.29) is 17.6 Å². The van der Waals surface area contributed by atoms with E-state index in [2.05, 4.69) is 5.32 Å². The van der Waals surface area contributed by atoms with Gasteiger partial charge in [-0.25, -0.2) is 0 Å². The monoisotopic (exact) mass is 468 g/mol. The molecule has 1 N–H and O–H groups in total. The first-order chi connectivity index (χ1) is 14.4. The predicted molar refractivity (Wildman–Crippen MR) is 124 cm³/mol. The summed E-state index contributed by atoms with van der Waals surface area (Å²) in [4.78, 5) is 27.1. The van der Waals surface area contributed by atoms with Crippen LogP contribution in [0.4, 0.5) is 0 Å². The highest BCUT2D eigenvalue weighted by Crippen LogP contribution is 2.25. The third-order valence-electron chi connectivity index (χ3n) is 4.62. The van der Waals surface area contributed by atoms with Crippen molar-refractivity contribution in [1.29, 1.82) is 0 Å². The van der Waals surface area contributed by atoms with Crippen LogP contribution in [0.2, 0.25) is 10.0 Å². The van der Waals surface area contributed by atoms with E-state index in [1.54, 1.807) is 31.2 Å². The van der Waals surface area contributed by atoms with Crippen LogP contribution in [0.3, 0.4) is 0 Å². The van der Waals surface area contributed by atoms with Crippen molar-refractivity contribution >= 4 is 46.8 Å². The second kappa shape index (κ2) is 12.1. The van der Waals surface area contributed by atoms with E-state index in [0.29, 0.717) is 34.5 Å². The quantitative estimate of drug-likeness (QED) is 0.544. The Balaban J connectivity index is 2.13. The Labute approximate surface area is 192 Å². The van der Waals surface area contributed by atoms with E-state index in [0.717, 1.165) is 11.1 Å². The lowest BCUT2D eigenvalue weighted by Crippen LogP contribution is -2.48. The van der Waals surface area contributed by atoms with Gasteiger partial charge in [-0.1, -0.05) is 48.3 Å². The van der Waals surface area contributed by atoms with Crippen molar-refractivity contribution in [2.45, 2.75) is 31.7 Å². The molecule has 0 aliphatic carbocycles. The fourth-order valence-electron chi connectivity index (χ4n) is 3.02. The number of benzene rings is 2. The molecule has 0 unspecified atom stereocenters. The lowest BCUT2D eigenvalue weighted by molar-refractivity contribution is -0.139. The summed E-state index contributed by atoms with van der Waals surface area (Å²) >= 11 is 13.6. The van der Waals surface area contributed by atoms with Gasteiger partial charge in [0, 0.05) is 29.4 Å². The molecule has 8 heteroatoms. The SMILES string of the molecule is CC[C@@H](C(=O)NC)N(Cc1cccc(OC)c1)C(=O)CSCc1ccc(Cl)cc1Cl. The van der Waals surface area contributed by atoms with Crippen LogP contribution in [0.5, 0.6) is 5.75 Å². The predicted octanol–water partition coefficient (Wildman–Crippen LogP) is 4.79. The van der Waals surface area contributed by atoms with Crippen LogP contribution in [-0.2, 0) is 21.9 Å². The van der Waals surface area contributed by atoms with Crippen molar-refractivity contribution in [3.63, 3.8) is 0 Å². The fraction of sp³-hybridized carbons (Fsp3) is 0.364. The van der Waals surface area contributed by atoms with Gasteiger partial charge in [0.15, 0.2) is 0 Å². The molecule has 1 atom stereocenters. The summed E-state index contributed by atoms with van der Waals surface area (Å²) in [5.74, 6) is 1.23. The fourth-order valence-corrected chi connectivity index (χ4v) is 4.49. The molecule has 0 aromatic heterocycles. The van der Waals surface area contributed by atoms with Crippen LogP contribution in [-0.4, -0.2) is 42.7 Å². The van der Waals surface area contributed by atoms with Gasteiger partial charge in [0.25, 0.3) is 0 Å². The van der Waals surface area contributed by atoms with Crippen LogP contribution in [0, 0.1) is 0 Å². The molecule has 0 heterocycles. The molecule has 0 aliphatic rings. The summed E-state index contributed by atoms with van der Waals surface area (Å²) in [5, 5.41) is 3.81. The highest BCUT2D eigenvalue weighted by Gasteiger charge is 2.28. The molecule has 0 radical (unpaired) electrons. The van der Waals surface area contributed by atoms with Gasteiger partial charge in [0.1, 0.15) is 11.8 Å². The van der Waals surface area contributed by atoms with Crippen molar-refractivity contribution in [3.05, 3.63) is 63.6 Å². The maximum Gasteiger partial charge on any atom is 0.242 e. The minimum atomic E-state index is -0.548. The zero-order valence-electron chi connectivity index (χ0n) is 17.3. The molecule has 2 amide bonds. The molecule has 2 aromatic carbocycles. The minimum Gasteiger partial charge on any atom is -0.497 e. The molecule has 5 nitrogen and oxygen atoms in total. The highest BCUT2D eigenvalue weighted by atomic mass is 35.5. The molecule has 0 bridgehead atoms. The number of nitrogens with one attached hydrogen (secondary N) is 1. The first-order valence-electron chi connectivity index (χ1n) is 9.55. The van der Waals surface area contributed by atoms with Crippen LogP contribution in [0.1, 0.15) is 24.5 Å². The van der Waals surface area contributed by atoms with E-state index in [1.165, 1.54) is 11.8 Å². The minimum absolute atomic E-state index is 0.108. The smallest absolute Gasteiger partial charge is 0.242 e. The van der Waals surface area contributed by atoms with Crippen LogP contribution in [0.15, 0.2) is 42.5 Å². The molecule has 0 aliphatic heterocycles. The molecule has 0 fully saturated rings. The average Bonchev–Trinajstić information content (AvgIpc) is 2.74. The zero-order chi connectivity index (χ0) is 22.1. The van der Waals surface area contributed by atoms with Gasteiger partial charge in [0.05, 0.1) is 12.9 Å². The van der Waals surface area contributed by atoms with E-state index in [9.17, 15) is 9.59 Å². The van der Waals surface area contributed by atoms with Crippen molar-refractivity contribution in [2.24, 2.45) is 0 Å². The maximum atomic E-state index is 13.1. The Hall–Kier alpha value is -1.89. The molecule has 0 spiro atoms. The Morgan fingerprint density at radius 3 is 2.60 bits per heavy atom. The summed E-state index contributed by atoms with van der Waals surface area (Å²) in [6, 6.07) is 12.3. The summed E-state index contributed by atoms with van der Waals surface area (Å²) < 4.78 is 5.28. The maximum absolute atomic E-state index is 13.1. The van der Waals surface area contributed by atoms with Crippen molar-refractivity contribution in [3.8, 4) is 5.75 Å². The largest absolute Gasteiger partial charge is 0.497 e. The second-order valence-electron chi connectivity index (χ2n) is 6.64. The molecule has 2 rings (SSSR count). The van der Waals surface area contributed by atoms with Crippen LogP contribution >= 0.6 is 35.0 Å². The van der Waals surface area contributed by atoms with E-state index >= 15 is 0 Å². The number of halogens is 2. The normalized spacial score (nSPS) is 11.6. The highest BCUT2D eigenvalue weighted by molar-refractivity contribution is 7.99. The van der Waals surface area contributed by atoms with E-state index in [1.807, 2.05) is 37.3 Å². The van der Waals surface area contributed by atoms with Crippen molar-refractivity contribution in [2.75, 3.05) is 19.9 Å². The van der Waals surface area contributed by atoms with Crippen molar-refractivity contribution < 1.29 is 14.3 Å². The molecular formula is C22H26Cl2N2O3S. The number of likely N-dealkylation sites (N-methyl/N-ethyl adjacent to an activating group) is 1. The van der Waals surface area contributed by atoms with Crippen LogP contribution < -0.4 is 10.1 Å². The standard InChI is InChI=1S/C22H26Cl2N2O3S/c1-4-20(22(28)25-2)26(12-15-6-5-7-18(10-15)29-3)21(27)14-30-13-16-8-9-17(23)11-19(16)24/h5-11,20H,4,12-14H2,1-3H3,(H,25,28)/t20-/m0/s1. The molecular weight excluding hydrogens is 443 g/mol. The third-order valence-corrected chi connectivity index (χ3v) is 6.17. The summed E-state index contributed by atoms with van der Waals surface area (Å²) in [5.41, 5.74) is 1.81. The molecule has 0 saturated carbocycles. The third kappa shape index (κ3) is 6.83. The number of carbonyl (C=O) groups is 2. The Kier molecular flexibility index (Phi) is 9.82. The number of nitrogens with zero attached hydrogens (tertiary/aromatic N) is 1. The van der Waals surface area contributed by atoms with Gasteiger partial charge in [-0.15, -0.1) is 11.8 Å². The summed E-state index contributed by atoms with van der Waals surface area (Å²) in [6.45, 7) is 2.22. The molecule has 162 valence electrons. The molecule has 30 heavy (non-hydrogen) atoms. The first kappa shape index (κ1) is 24.4. The van der Waals surface area contributed by atoms with Gasteiger partial charge < -0.3 is 15.0 Å². The lowest BCUT2D eigenvalue weighted by Gasteiger charge is -2.30. The van der Waals surface area contributed by atoms with Gasteiger partial charge >= 0.3 is 0 Å². The van der Waals surface area contributed by atoms with Gasteiger partial charge in [0.2, 0.25) is 11.8 Å².